The number of carbonyl (C=O) groups is 1. The summed E-state index contributed by atoms with van der Waals surface area (Å²) in [5.74, 6) is 1.37. The minimum Gasteiger partial charge on any atom is -0.439 e. The summed E-state index contributed by atoms with van der Waals surface area (Å²) >= 11 is 0. The molecule has 0 unspecified atom stereocenters. The van der Waals surface area contributed by atoms with Crippen molar-refractivity contribution in [3.05, 3.63) is 90.3 Å². The molecule has 0 bridgehead atoms. The molecule has 4 rings (SSSR count). The maximum atomic E-state index is 13.0. The predicted octanol–water partition coefficient (Wildman–Crippen LogP) is 4.15. The molecule has 7 nitrogen and oxygen atoms in total. The van der Waals surface area contributed by atoms with Crippen molar-refractivity contribution in [1.29, 1.82) is 0 Å². The van der Waals surface area contributed by atoms with Crippen molar-refractivity contribution in [2.45, 2.75) is 6.92 Å². The number of ether oxygens (including phenoxy) is 1. The molecule has 144 valence electrons. The van der Waals surface area contributed by atoms with Crippen molar-refractivity contribution in [2.24, 2.45) is 0 Å². The van der Waals surface area contributed by atoms with Crippen LogP contribution in [-0.4, -0.2) is 25.7 Å². The van der Waals surface area contributed by atoms with Crippen LogP contribution in [0.5, 0.6) is 11.6 Å². The van der Waals surface area contributed by atoms with Gasteiger partial charge in [-0.3, -0.25) is 4.79 Å². The fraction of sp³-hybridized carbons (Fsp3) is 0.0476. The fourth-order valence-electron chi connectivity index (χ4n) is 2.63. The van der Waals surface area contributed by atoms with Crippen molar-refractivity contribution in [3.8, 4) is 17.4 Å². The summed E-state index contributed by atoms with van der Waals surface area (Å²) in [7, 11) is 0. The maximum absolute atomic E-state index is 13.0. The van der Waals surface area contributed by atoms with E-state index in [-0.39, 0.29) is 5.91 Å². The Bertz CT molecular complexity index is 1130. The third kappa shape index (κ3) is 4.44. The number of nitrogens with one attached hydrogen (secondary N) is 1. The molecule has 0 radical (unpaired) electrons. The smallest absolute Gasteiger partial charge is 0.255 e. The molecule has 1 amide bonds. The minimum absolute atomic E-state index is 0.325. The number of rotatable bonds is 5. The largest absolute Gasteiger partial charge is 0.439 e. The highest BCUT2D eigenvalue weighted by Crippen LogP contribution is 2.23. The van der Waals surface area contributed by atoms with Crippen LogP contribution in [-0.2, 0) is 0 Å². The van der Waals surface area contributed by atoms with Crippen LogP contribution >= 0.6 is 0 Å². The number of amides is 1. The molecule has 2 aromatic heterocycles. The molecule has 0 aliphatic heterocycles. The monoisotopic (exact) mass is 389 g/mol. The van der Waals surface area contributed by atoms with Gasteiger partial charge in [0.15, 0.2) is 5.82 Å². The van der Waals surface area contributed by atoms with E-state index < -0.39 is 5.82 Å². The van der Waals surface area contributed by atoms with Crippen LogP contribution in [0.25, 0.3) is 5.82 Å². The number of benzene rings is 2. The van der Waals surface area contributed by atoms with E-state index in [9.17, 15) is 9.18 Å². The fourth-order valence-corrected chi connectivity index (χ4v) is 2.63. The second-order valence-electron chi connectivity index (χ2n) is 6.15. The van der Waals surface area contributed by atoms with E-state index >= 15 is 0 Å². The Morgan fingerprint density at radius 3 is 2.52 bits per heavy atom. The first kappa shape index (κ1) is 18.3. The second-order valence-corrected chi connectivity index (χ2v) is 6.15. The highest BCUT2D eigenvalue weighted by molar-refractivity contribution is 6.04. The molecule has 2 aromatic carbocycles. The van der Waals surface area contributed by atoms with Crippen LogP contribution in [0.15, 0.2) is 73.1 Å². The van der Waals surface area contributed by atoms with Crippen LogP contribution in [0.1, 0.15) is 16.2 Å². The lowest BCUT2D eigenvalue weighted by molar-refractivity contribution is 0.102. The molecule has 0 aliphatic carbocycles. The van der Waals surface area contributed by atoms with E-state index in [0.717, 1.165) is 0 Å². The summed E-state index contributed by atoms with van der Waals surface area (Å²) in [6.07, 6.45) is 3.45. The van der Waals surface area contributed by atoms with Gasteiger partial charge in [0.1, 0.15) is 17.4 Å². The number of aryl methyl sites for hydroxylation is 1. The van der Waals surface area contributed by atoms with Crippen molar-refractivity contribution in [3.63, 3.8) is 0 Å². The molecule has 0 saturated heterocycles. The zero-order chi connectivity index (χ0) is 20.2. The van der Waals surface area contributed by atoms with E-state index in [1.54, 1.807) is 60.4 Å². The van der Waals surface area contributed by atoms with E-state index in [0.29, 0.717) is 34.5 Å². The first-order chi connectivity index (χ1) is 14.1. The molecule has 2 heterocycles. The lowest BCUT2D eigenvalue weighted by Crippen LogP contribution is -2.11. The van der Waals surface area contributed by atoms with Gasteiger partial charge in [-0.15, -0.1) is 0 Å². The third-order valence-corrected chi connectivity index (χ3v) is 3.98. The highest BCUT2D eigenvalue weighted by atomic mass is 19.1. The number of hydrogen-bond donors (Lipinski definition) is 1. The van der Waals surface area contributed by atoms with Gasteiger partial charge in [0.2, 0.25) is 5.88 Å². The van der Waals surface area contributed by atoms with Gasteiger partial charge in [-0.25, -0.2) is 14.1 Å². The lowest BCUT2D eigenvalue weighted by atomic mass is 10.2. The highest BCUT2D eigenvalue weighted by Gasteiger charge is 2.08. The molecule has 0 spiro atoms. The van der Waals surface area contributed by atoms with Gasteiger partial charge in [-0.1, -0.05) is 0 Å². The molecule has 1 N–H and O–H groups in total. The second kappa shape index (κ2) is 7.89. The first-order valence-electron chi connectivity index (χ1n) is 8.77. The SMILES string of the molecule is Cc1nc(Oc2ccc(NC(=O)c3ccc(F)cc3)cc2)cc(-n2cccn2)n1. The van der Waals surface area contributed by atoms with Gasteiger partial charge in [0, 0.05) is 29.7 Å². The molecule has 29 heavy (non-hydrogen) atoms. The first-order valence-corrected chi connectivity index (χ1v) is 8.77. The standard InChI is InChI=1S/C21H16FN5O2/c1-14-24-19(27-12-2-11-23-27)13-20(25-14)29-18-9-7-17(8-10-18)26-21(28)15-3-5-16(22)6-4-15/h2-13H,1H3,(H,26,28). The van der Waals surface area contributed by atoms with Crippen LogP contribution < -0.4 is 10.1 Å². The molecule has 4 aromatic rings. The molecule has 0 atom stereocenters. The third-order valence-electron chi connectivity index (χ3n) is 3.98. The van der Waals surface area contributed by atoms with Gasteiger partial charge in [0.05, 0.1) is 0 Å². The molecule has 0 saturated carbocycles. The van der Waals surface area contributed by atoms with Gasteiger partial charge >= 0.3 is 0 Å². The zero-order valence-corrected chi connectivity index (χ0v) is 15.4. The van der Waals surface area contributed by atoms with Crippen molar-refractivity contribution in [2.75, 3.05) is 5.32 Å². The Labute approximate surface area is 165 Å². The quantitative estimate of drug-likeness (QED) is 0.554. The average Bonchev–Trinajstić information content (AvgIpc) is 3.24. The van der Waals surface area contributed by atoms with Gasteiger partial charge in [-0.2, -0.15) is 10.1 Å². The summed E-state index contributed by atoms with van der Waals surface area (Å²) in [5.41, 5.74) is 0.956. The normalized spacial score (nSPS) is 10.6. The number of aromatic nitrogens is 4. The Balaban J connectivity index is 1.46. The summed E-state index contributed by atoms with van der Waals surface area (Å²) in [6, 6.07) is 15.7. The summed E-state index contributed by atoms with van der Waals surface area (Å²) in [5, 5.41) is 6.91. The lowest BCUT2D eigenvalue weighted by Gasteiger charge is -2.09. The van der Waals surface area contributed by atoms with Crippen LogP contribution in [0, 0.1) is 12.7 Å². The van der Waals surface area contributed by atoms with E-state index in [1.807, 2.05) is 0 Å². The number of anilines is 1. The number of halogens is 1. The predicted molar refractivity (Wildman–Crippen MR) is 105 cm³/mol. The summed E-state index contributed by atoms with van der Waals surface area (Å²) in [4.78, 5) is 20.8. The van der Waals surface area contributed by atoms with Crippen molar-refractivity contribution < 1.29 is 13.9 Å². The Kier molecular flexibility index (Phi) is 4.98. The average molecular weight is 389 g/mol. The van der Waals surface area contributed by atoms with E-state index in [2.05, 4.69) is 20.4 Å². The van der Waals surface area contributed by atoms with E-state index in [1.165, 1.54) is 24.3 Å². The van der Waals surface area contributed by atoms with Gasteiger partial charge in [0.25, 0.3) is 5.91 Å². The van der Waals surface area contributed by atoms with Gasteiger partial charge < -0.3 is 10.1 Å². The molecule has 0 aliphatic rings. The van der Waals surface area contributed by atoms with Crippen molar-refractivity contribution in [1.82, 2.24) is 19.7 Å². The van der Waals surface area contributed by atoms with Gasteiger partial charge in [-0.05, 0) is 61.5 Å². The van der Waals surface area contributed by atoms with Crippen LogP contribution in [0.4, 0.5) is 10.1 Å². The number of carbonyl (C=O) groups excluding carboxylic acids is 1. The summed E-state index contributed by atoms with van der Waals surface area (Å²) in [6.45, 7) is 1.77. The Morgan fingerprint density at radius 2 is 1.83 bits per heavy atom. The van der Waals surface area contributed by atoms with Crippen LogP contribution in [0.2, 0.25) is 0 Å². The molecule has 0 fully saturated rings. The van der Waals surface area contributed by atoms with E-state index in [4.69, 9.17) is 4.74 Å². The van der Waals surface area contributed by atoms with Crippen LogP contribution in [0.3, 0.4) is 0 Å². The van der Waals surface area contributed by atoms with Crippen molar-refractivity contribution >= 4 is 11.6 Å². The zero-order valence-electron chi connectivity index (χ0n) is 15.4. The number of nitrogens with zero attached hydrogens (tertiary/aromatic N) is 4. The Morgan fingerprint density at radius 1 is 1.07 bits per heavy atom. The maximum Gasteiger partial charge on any atom is 0.255 e. The molecular weight excluding hydrogens is 373 g/mol. The minimum atomic E-state index is -0.390. The Hall–Kier alpha value is -4.07. The summed E-state index contributed by atoms with van der Waals surface area (Å²) < 4.78 is 20.4. The molecule has 8 heteroatoms. The number of hydrogen-bond acceptors (Lipinski definition) is 5. The topological polar surface area (TPSA) is 81.9 Å². The molecular formula is C21H16FN5O2.